The topological polar surface area (TPSA) is 87.5 Å². The van der Waals surface area contributed by atoms with Gasteiger partial charge in [0.2, 0.25) is 11.8 Å². The summed E-state index contributed by atoms with van der Waals surface area (Å²) in [5.41, 5.74) is 5.13. The molecule has 1 aliphatic heterocycles. The quantitative estimate of drug-likeness (QED) is 0.652. The molecule has 0 bridgehead atoms. The van der Waals surface area contributed by atoms with E-state index in [1.165, 1.54) is 0 Å². The van der Waals surface area contributed by atoms with Crippen LogP contribution in [0.1, 0.15) is 27.2 Å². The lowest BCUT2D eigenvalue weighted by molar-refractivity contribution is -0.132. The molecule has 0 aromatic heterocycles. The Hall–Kier alpha value is -0.850. The van der Waals surface area contributed by atoms with Crippen LogP contribution >= 0.6 is 12.4 Å². The van der Waals surface area contributed by atoms with Crippen molar-refractivity contribution >= 4 is 24.2 Å². The fourth-order valence-corrected chi connectivity index (χ4v) is 2.23. The summed E-state index contributed by atoms with van der Waals surface area (Å²) in [7, 11) is 0. The SMILES string of the molecule is CC(C)(C)[C@H](NCCC(=O)N1CCNCC1)C(N)=O.Cl. The molecule has 2 amide bonds. The van der Waals surface area contributed by atoms with Crippen LogP contribution in [0.2, 0.25) is 0 Å². The first kappa shape index (κ1) is 19.1. The smallest absolute Gasteiger partial charge is 0.235 e. The number of hydrogen-bond acceptors (Lipinski definition) is 4. The zero-order valence-electron chi connectivity index (χ0n) is 12.6. The Bertz CT molecular complexity index is 325. The average molecular weight is 307 g/mol. The van der Waals surface area contributed by atoms with E-state index in [4.69, 9.17) is 5.73 Å². The predicted octanol–water partition coefficient (Wildman–Crippen LogP) is -0.280. The van der Waals surface area contributed by atoms with Crippen LogP contribution in [0.3, 0.4) is 0 Å². The summed E-state index contributed by atoms with van der Waals surface area (Å²) in [6.07, 6.45) is 0.403. The van der Waals surface area contributed by atoms with E-state index in [9.17, 15) is 9.59 Å². The summed E-state index contributed by atoms with van der Waals surface area (Å²) in [6.45, 7) is 9.56. The van der Waals surface area contributed by atoms with E-state index >= 15 is 0 Å². The third-order valence-electron chi connectivity index (χ3n) is 3.31. The lowest BCUT2D eigenvalue weighted by atomic mass is 9.86. The van der Waals surface area contributed by atoms with Crippen LogP contribution in [-0.4, -0.2) is 55.5 Å². The van der Waals surface area contributed by atoms with Crippen LogP contribution in [0, 0.1) is 5.41 Å². The highest BCUT2D eigenvalue weighted by Gasteiger charge is 2.29. The molecule has 1 saturated heterocycles. The van der Waals surface area contributed by atoms with Gasteiger partial charge in [-0.25, -0.2) is 0 Å². The molecule has 0 aliphatic carbocycles. The van der Waals surface area contributed by atoms with Gasteiger partial charge in [-0.05, 0) is 5.41 Å². The van der Waals surface area contributed by atoms with Crippen molar-refractivity contribution in [3.05, 3.63) is 0 Å². The standard InChI is InChI=1S/C13H26N4O2.ClH/c1-13(2,3)11(12(14)19)16-5-4-10(18)17-8-6-15-7-9-17;/h11,15-16H,4-9H2,1-3H3,(H2,14,19);1H/t11-;/m1./s1. The molecule has 0 unspecified atom stereocenters. The summed E-state index contributed by atoms with van der Waals surface area (Å²) in [5, 5.41) is 6.30. The molecule has 1 aliphatic rings. The normalized spacial score (nSPS) is 17.2. The van der Waals surface area contributed by atoms with Gasteiger partial charge in [0.1, 0.15) is 0 Å². The second-order valence-electron chi connectivity index (χ2n) is 6.04. The molecule has 0 saturated carbocycles. The van der Waals surface area contributed by atoms with Gasteiger partial charge in [0.15, 0.2) is 0 Å². The molecule has 1 heterocycles. The molecule has 7 heteroatoms. The molecule has 4 N–H and O–H groups in total. The second-order valence-corrected chi connectivity index (χ2v) is 6.04. The zero-order valence-corrected chi connectivity index (χ0v) is 13.4. The maximum absolute atomic E-state index is 11.9. The summed E-state index contributed by atoms with van der Waals surface area (Å²) in [4.78, 5) is 25.2. The fraction of sp³-hybridized carbons (Fsp3) is 0.846. The van der Waals surface area contributed by atoms with Crippen molar-refractivity contribution < 1.29 is 9.59 Å². The Morgan fingerprint density at radius 1 is 1.30 bits per heavy atom. The molecule has 1 atom stereocenters. The highest BCUT2D eigenvalue weighted by atomic mass is 35.5. The van der Waals surface area contributed by atoms with Crippen molar-refractivity contribution in [2.24, 2.45) is 11.1 Å². The van der Waals surface area contributed by atoms with Gasteiger partial charge in [-0.1, -0.05) is 20.8 Å². The first-order chi connectivity index (χ1) is 8.82. The summed E-state index contributed by atoms with van der Waals surface area (Å²) in [6, 6.07) is -0.414. The van der Waals surface area contributed by atoms with Gasteiger partial charge in [0, 0.05) is 39.1 Å². The number of carbonyl (C=O) groups excluding carboxylic acids is 2. The number of nitrogens with zero attached hydrogens (tertiary/aromatic N) is 1. The van der Waals surface area contributed by atoms with Crippen molar-refractivity contribution in [2.45, 2.75) is 33.2 Å². The van der Waals surface area contributed by atoms with Crippen LogP contribution in [0.25, 0.3) is 0 Å². The van der Waals surface area contributed by atoms with E-state index in [0.717, 1.165) is 26.2 Å². The average Bonchev–Trinajstić information content (AvgIpc) is 2.33. The second kappa shape index (κ2) is 8.44. The molecule has 118 valence electrons. The minimum absolute atomic E-state index is 0. The van der Waals surface area contributed by atoms with Crippen LogP contribution < -0.4 is 16.4 Å². The van der Waals surface area contributed by atoms with Gasteiger partial charge in [0.25, 0.3) is 0 Å². The lowest BCUT2D eigenvalue weighted by Crippen LogP contribution is -2.51. The van der Waals surface area contributed by atoms with E-state index in [2.05, 4.69) is 10.6 Å². The van der Waals surface area contributed by atoms with Crippen molar-refractivity contribution in [1.29, 1.82) is 0 Å². The highest BCUT2D eigenvalue weighted by Crippen LogP contribution is 2.18. The summed E-state index contributed by atoms with van der Waals surface area (Å²) >= 11 is 0. The number of amides is 2. The molecule has 0 aromatic rings. The molecule has 20 heavy (non-hydrogen) atoms. The Labute approximate surface area is 127 Å². The third-order valence-corrected chi connectivity index (χ3v) is 3.31. The first-order valence-electron chi connectivity index (χ1n) is 6.83. The molecule has 0 radical (unpaired) electrons. The van der Waals surface area contributed by atoms with Gasteiger partial charge in [0.05, 0.1) is 6.04 Å². The van der Waals surface area contributed by atoms with E-state index in [1.807, 2.05) is 25.7 Å². The maximum Gasteiger partial charge on any atom is 0.235 e. The Morgan fingerprint density at radius 2 is 1.85 bits per heavy atom. The van der Waals surface area contributed by atoms with E-state index in [1.54, 1.807) is 0 Å². The zero-order chi connectivity index (χ0) is 14.5. The monoisotopic (exact) mass is 306 g/mol. The van der Waals surface area contributed by atoms with Gasteiger partial charge < -0.3 is 21.3 Å². The molecule has 1 fully saturated rings. The fourth-order valence-electron chi connectivity index (χ4n) is 2.23. The molecule has 0 spiro atoms. The molecule has 6 nitrogen and oxygen atoms in total. The van der Waals surface area contributed by atoms with E-state index in [0.29, 0.717) is 13.0 Å². The van der Waals surface area contributed by atoms with E-state index in [-0.39, 0.29) is 29.6 Å². The van der Waals surface area contributed by atoms with Crippen LogP contribution in [0.15, 0.2) is 0 Å². The maximum atomic E-state index is 11.9. The Balaban J connectivity index is 0.00000361. The first-order valence-corrected chi connectivity index (χ1v) is 6.83. The lowest BCUT2D eigenvalue weighted by Gasteiger charge is -2.30. The number of hydrogen-bond donors (Lipinski definition) is 3. The van der Waals surface area contributed by atoms with Crippen molar-refractivity contribution in [3.8, 4) is 0 Å². The number of nitrogens with two attached hydrogens (primary N) is 1. The minimum atomic E-state index is -0.414. The predicted molar refractivity (Wildman–Crippen MR) is 81.8 cm³/mol. The number of halogens is 1. The Morgan fingerprint density at radius 3 is 2.30 bits per heavy atom. The number of nitrogens with one attached hydrogen (secondary N) is 2. The van der Waals surface area contributed by atoms with Gasteiger partial charge in [-0.3, -0.25) is 9.59 Å². The van der Waals surface area contributed by atoms with Crippen molar-refractivity contribution in [2.75, 3.05) is 32.7 Å². The molecular formula is C13H27ClN4O2. The molecule has 0 aromatic carbocycles. The molecular weight excluding hydrogens is 280 g/mol. The summed E-state index contributed by atoms with van der Waals surface area (Å²) in [5.74, 6) is -0.242. The largest absolute Gasteiger partial charge is 0.368 e. The van der Waals surface area contributed by atoms with Crippen molar-refractivity contribution in [1.82, 2.24) is 15.5 Å². The third kappa shape index (κ3) is 6.07. The number of piperazine rings is 1. The van der Waals surface area contributed by atoms with Gasteiger partial charge in [-0.2, -0.15) is 0 Å². The van der Waals surface area contributed by atoms with Crippen LogP contribution in [0.5, 0.6) is 0 Å². The number of rotatable bonds is 5. The van der Waals surface area contributed by atoms with Crippen LogP contribution in [-0.2, 0) is 9.59 Å². The Kier molecular flexibility index (Phi) is 8.08. The van der Waals surface area contributed by atoms with E-state index < -0.39 is 6.04 Å². The van der Waals surface area contributed by atoms with Gasteiger partial charge >= 0.3 is 0 Å². The summed E-state index contributed by atoms with van der Waals surface area (Å²) < 4.78 is 0. The van der Waals surface area contributed by atoms with Gasteiger partial charge in [-0.15, -0.1) is 12.4 Å². The molecule has 1 rings (SSSR count). The number of primary amides is 1. The number of carbonyl (C=O) groups is 2. The van der Waals surface area contributed by atoms with Crippen LogP contribution in [0.4, 0.5) is 0 Å². The van der Waals surface area contributed by atoms with Crippen molar-refractivity contribution in [3.63, 3.8) is 0 Å². The highest BCUT2D eigenvalue weighted by molar-refractivity contribution is 5.85. The minimum Gasteiger partial charge on any atom is -0.368 e.